The van der Waals surface area contributed by atoms with Crippen molar-refractivity contribution in [2.45, 2.75) is 19.6 Å². The Labute approximate surface area is 165 Å². The lowest BCUT2D eigenvalue weighted by molar-refractivity contribution is -0.144. The van der Waals surface area contributed by atoms with Gasteiger partial charge < -0.3 is 24.8 Å². The number of ether oxygens (including phenoxy) is 2. The standard InChI is InChI=1S/C9H9ClO4.C9H9ClO3/c10-7-1-2-8(6(3-7)4-11)14-5-9(12)13;1-6(9(11)12)13-8-4-2-3-7(10)5-8/h1-3,11H,4-5H2,(H,12,13);2-6H,1H3,(H,11,12). The predicted octanol–water partition coefficient (Wildman–Crippen LogP) is 3.49. The van der Waals surface area contributed by atoms with Gasteiger partial charge in [0.15, 0.2) is 12.7 Å². The van der Waals surface area contributed by atoms with Crippen LogP contribution < -0.4 is 9.47 Å². The highest BCUT2D eigenvalue weighted by atomic mass is 35.5. The number of aliphatic carboxylic acids is 2. The molecule has 0 fully saturated rings. The first-order chi connectivity index (χ1) is 12.7. The maximum Gasteiger partial charge on any atom is 0.344 e. The minimum atomic E-state index is -1.07. The van der Waals surface area contributed by atoms with Gasteiger partial charge in [0.25, 0.3) is 0 Å². The van der Waals surface area contributed by atoms with Crippen molar-refractivity contribution in [2.75, 3.05) is 6.61 Å². The van der Waals surface area contributed by atoms with E-state index < -0.39 is 24.6 Å². The third-order valence-electron chi connectivity index (χ3n) is 3.00. The summed E-state index contributed by atoms with van der Waals surface area (Å²) in [4.78, 5) is 20.7. The second kappa shape index (κ2) is 11.3. The van der Waals surface area contributed by atoms with Crippen molar-refractivity contribution in [3.05, 3.63) is 58.1 Å². The Balaban J connectivity index is 0.000000271. The van der Waals surface area contributed by atoms with Crippen molar-refractivity contribution in [2.24, 2.45) is 0 Å². The summed E-state index contributed by atoms with van der Waals surface area (Å²) < 4.78 is 10.00. The fourth-order valence-corrected chi connectivity index (χ4v) is 2.12. The fraction of sp³-hybridized carbons (Fsp3) is 0.222. The van der Waals surface area contributed by atoms with Gasteiger partial charge in [0.2, 0.25) is 0 Å². The molecule has 0 saturated heterocycles. The number of halogens is 2. The molecule has 2 rings (SSSR count). The van der Waals surface area contributed by atoms with Gasteiger partial charge in [0.1, 0.15) is 11.5 Å². The van der Waals surface area contributed by atoms with E-state index in [1.807, 2.05) is 0 Å². The lowest BCUT2D eigenvalue weighted by Crippen LogP contribution is -2.22. The molecule has 9 heteroatoms. The first-order valence-corrected chi connectivity index (χ1v) is 8.37. The largest absolute Gasteiger partial charge is 0.482 e. The first kappa shape index (κ1) is 22.6. The van der Waals surface area contributed by atoms with Crippen LogP contribution in [0.2, 0.25) is 10.0 Å². The highest BCUT2D eigenvalue weighted by molar-refractivity contribution is 6.31. The van der Waals surface area contributed by atoms with Crippen molar-refractivity contribution in [1.29, 1.82) is 0 Å². The fourth-order valence-electron chi connectivity index (χ4n) is 1.75. The Hall–Kier alpha value is -2.48. The lowest BCUT2D eigenvalue weighted by atomic mass is 10.2. The summed E-state index contributed by atoms with van der Waals surface area (Å²) in [6.45, 7) is 0.785. The summed E-state index contributed by atoms with van der Waals surface area (Å²) in [5.74, 6) is -1.27. The maximum absolute atomic E-state index is 10.4. The second-order valence-corrected chi connectivity index (χ2v) is 6.02. The summed E-state index contributed by atoms with van der Waals surface area (Å²) >= 11 is 11.4. The van der Waals surface area contributed by atoms with Gasteiger partial charge in [-0.1, -0.05) is 29.3 Å². The average Bonchev–Trinajstić information content (AvgIpc) is 2.61. The number of hydrogen-bond donors (Lipinski definition) is 3. The minimum absolute atomic E-state index is 0.241. The molecule has 0 aliphatic heterocycles. The number of carboxylic acids is 2. The smallest absolute Gasteiger partial charge is 0.344 e. The summed E-state index contributed by atoms with van der Waals surface area (Å²) in [5.41, 5.74) is 0.471. The van der Waals surface area contributed by atoms with Crippen LogP contribution >= 0.6 is 23.2 Å². The van der Waals surface area contributed by atoms with E-state index >= 15 is 0 Å². The zero-order valence-corrected chi connectivity index (χ0v) is 15.8. The van der Waals surface area contributed by atoms with Gasteiger partial charge in [-0.15, -0.1) is 0 Å². The van der Waals surface area contributed by atoms with Crippen molar-refractivity contribution >= 4 is 35.1 Å². The molecule has 0 bridgehead atoms. The zero-order chi connectivity index (χ0) is 20.4. The molecule has 0 amide bonds. The van der Waals surface area contributed by atoms with E-state index in [-0.39, 0.29) is 6.61 Å². The third kappa shape index (κ3) is 8.63. The molecule has 0 spiro atoms. The van der Waals surface area contributed by atoms with Gasteiger partial charge in [0.05, 0.1) is 6.61 Å². The maximum atomic E-state index is 10.4. The molecule has 0 saturated carbocycles. The molecule has 0 aliphatic rings. The molecule has 3 N–H and O–H groups in total. The Kier molecular flexibility index (Phi) is 9.42. The van der Waals surface area contributed by atoms with E-state index in [1.54, 1.807) is 30.3 Å². The number of aliphatic hydroxyl groups is 1. The van der Waals surface area contributed by atoms with Crippen LogP contribution in [0.15, 0.2) is 42.5 Å². The van der Waals surface area contributed by atoms with Crippen LogP contribution in [0.5, 0.6) is 11.5 Å². The van der Waals surface area contributed by atoms with Gasteiger partial charge in [-0.2, -0.15) is 0 Å². The highest BCUT2D eigenvalue weighted by Gasteiger charge is 2.12. The molecular weight excluding hydrogens is 399 g/mol. The van der Waals surface area contributed by atoms with Crippen LogP contribution in [0.4, 0.5) is 0 Å². The lowest BCUT2D eigenvalue weighted by Gasteiger charge is -2.09. The molecule has 0 radical (unpaired) electrons. The van der Waals surface area contributed by atoms with E-state index in [9.17, 15) is 9.59 Å². The quantitative estimate of drug-likeness (QED) is 0.632. The van der Waals surface area contributed by atoms with Crippen molar-refractivity contribution < 1.29 is 34.4 Å². The van der Waals surface area contributed by atoms with Crippen molar-refractivity contribution in [3.8, 4) is 11.5 Å². The number of benzene rings is 2. The van der Waals surface area contributed by atoms with Crippen LogP contribution in [0.1, 0.15) is 12.5 Å². The summed E-state index contributed by atoms with van der Waals surface area (Å²) in [5, 5.41) is 26.8. The van der Waals surface area contributed by atoms with Gasteiger partial charge in [0, 0.05) is 15.6 Å². The van der Waals surface area contributed by atoms with Crippen LogP contribution in [0, 0.1) is 0 Å². The third-order valence-corrected chi connectivity index (χ3v) is 3.47. The highest BCUT2D eigenvalue weighted by Crippen LogP contribution is 2.22. The Morgan fingerprint density at radius 3 is 2.30 bits per heavy atom. The van der Waals surface area contributed by atoms with Crippen LogP contribution in [-0.2, 0) is 16.2 Å². The van der Waals surface area contributed by atoms with Gasteiger partial charge in [-0.05, 0) is 43.3 Å². The number of carbonyl (C=O) groups is 2. The number of aliphatic hydroxyl groups excluding tert-OH is 1. The van der Waals surface area contributed by atoms with E-state index in [0.29, 0.717) is 27.1 Å². The number of hydrogen-bond acceptors (Lipinski definition) is 5. The molecule has 2 aromatic rings. The Morgan fingerprint density at radius 1 is 1.07 bits per heavy atom. The Bertz CT molecular complexity index is 780. The minimum Gasteiger partial charge on any atom is -0.482 e. The van der Waals surface area contributed by atoms with Crippen molar-refractivity contribution in [3.63, 3.8) is 0 Å². The second-order valence-electron chi connectivity index (χ2n) is 5.15. The van der Waals surface area contributed by atoms with Crippen molar-refractivity contribution in [1.82, 2.24) is 0 Å². The summed E-state index contributed by atoms with van der Waals surface area (Å²) in [6, 6.07) is 11.2. The summed E-state index contributed by atoms with van der Waals surface area (Å²) in [6.07, 6.45) is -0.863. The SMILES string of the molecule is CC(Oc1cccc(Cl)c1)C(=O)O.O=C(O)COc1ccc(Cl)cc1CO. The molecule has 1 unspecified atom stereocenters. The zero-order valence-electron chi connectivity index (χ0n) is 14.3. The molecule has 146 valence electrons. The van der Waals surface area contributed by atoms with E-state index in [4.69, 9.17) is 48.0 Å². The molecule has 1 atom stereocenters. The van der Waals surface area contributed by atoms with E-state index in [0.717, 1.165) is 0 Å². The molecule has 7 nitrogen and oxygen atoms in total. The average molecular weight is 417 g/mol. The van der Waals surface area contributed by atoms with Crippen LogP contribution in [0.3, 0.4) is 0 Å². The van der Waals surface area contributed by atoms with Gasteiger partial charge in [-0.25, -0.2) is 9.59 Å². The first-order valence-electron chi connectivity index (χ1n) is 7.61. The normalized spacial score (nSPS) is 11.0. The molecule has 2 aromatic carbocycles. The molecule has 0 aliphatic carbocycles. The van der Waals surface area contributed by atoms with Gasteiger partial charge >= 0.3 is 11.9 Å². The summed E-state index contributed by atoms with van der Waals surface area (Å²) in [7, 11) is 0. The molecule has 0 aromatic heterocycles. The molecule has 0 heterocycles. The molecule has 27 heavy (non-hydrogen) atoms. The van der Waals surface area contributed by atoms with Crippen LogP contribution in [0.25, 0.3) is 0 Å². The predicted molar refractivity (Wildman–Crippen MR) is 99.7 cm³/mol. The van der Waals surface area contributed by atoms with Gasteiger partial charge in [-0.3, -0.25) is 0 Å². The Morgan fingerprint density at radius 2 is 1.74 bits per heavy atom. The molecular formula is C18H18Cl2O7. The number of rotatable bonds is 7. The topological polar surface area (TPSA) is 113 Å². The van der Waals surface area contributed by atoms with E-state index in [1.165, 1.54) is 19.1 Å². The monoisotopic (exact) mass is 416 g/mol. The van der Waals surface area contributed by atoms with E-state index in [2.05, 4.69) is 0 Å². The number of carboxylic acid groups (broad SMARTS) is 2. The van der Waals surface area contributed by atoms with Crippen LogP contribution in [-0.4, -0.2) is 40.0 Å².